The van der Waals surface area contributed by atoms with Crippen LogP contribution in [0.2, 0.25) is 0 Å². The molecule has 0 saturated carbocycles. The molecule has 1 aliphatic rings. The smallest absolute Gasteiger partial charge is 0.272 e. The van der Waals surface area contributed by atoms with Crippen molar-refractivity contribution in [1.29, 1.82) is 0 Å². The number of aryl methyl sites for hydroxylation is 1. The molecule has 1 atom stereocenters. The van der Waals surface area contributed by atoms with Gasteiger partial charge in [0.2, 0.25) is 0 Å². The van der Waals surface area contributed by atoms with Gasteiger partial charge in [0.25, 0.3) is 11.5 Å². The van der Waals surface area contributed by atoms with E-state index in [0.717, 1.165) is 13.0 Å². The molecule has 5 nitrogen and oxygen atoms in total. The van der Waals surface area contributed by atoms with Gasteiger partial charge >= 0.3 is 0 Å². The van der Waals surface area contributed by atoms with E-state index < -0.39 is 0 Å². The lowest BCUT2D eigenvalue weighted by molar-refractivity contribution is -0.123. The second kappa shape index (κ2) is 4.09. The number of hydrogen-bond acceptors (Lipinski definition) is 3. The molecule has 0 spiro atoms. The summed E-state index contributed by atoms with van der Waals surface area (Å²) in [5, 5.41) is 4.39. The normalized spacial score (nSPS) is 19.0. The molecule has 2 rings (SSSR count). The maximum absolute atomic E-state index is 11.9. The number of carbonyl (C=O) groups excluding carboxylic acids is 1. The van der Waals surface area contributed by atoms with Crippen molar-refractivity contribution >= 4 is 5.91 Å². The van der Waals surface area contributed by atoms with Crippen LogP contribution in [-0.4, -0.2) is 30.2 Å². The highest BCUT2D eigenvalue weighted by molar-refractivity contribution is 5.91. The first-order valence-electron chi connectivity index (χ1n) is 5.31. The van der Waals surface area contributed by atoms with Gasteiger partial charge in [-0.05, 0) is 26.0 Å². The van der Waals surface area contributed by atoms with E-state index >= 15 is 0 Å². The predicted octanol–water partition coefficient (Wildman–Crippen LogP) is -0.387. The van der Waals surface area contributed by atoms with Gasteiger partial charge < -0.3 is 5.32 Å². The van der Waals surface area contributed by atoms with Gasteiger partial charge in [0.15, 0.2) is 0 Å². The zero-order valence-corrected chi connectivity index (χ0v) is 9.43. The van der Waals surface area contributed by atoms with Crippen LogP contribution in [0.15, 0.2) is 23.1 Å². The first kappa shape index (κ1) is 10.9. The molecule has 2 heterocycles. The molecule has 0 aromatic carbocycles. The second-order valence-corrected chi connectivity index (χ2v) is 4.00. The van der Waals surface area contributed by atoms with Gasteiger partial charge in [-0.15, -0.1) is 0 Å². The van der Waals surface area contributed by atoms with Crippen molar-refractivity contribution in [2.24, 2.45) is 0 Å². The Kier molecular flexibility index (Phi) is 2.78. The number of aromatic nitrogens is 1. The topological polar surface area (TPSA) is 54.3 Å². The maximum atomic E-state index is 11.9. The van der Waals surface area contributed by atoms with Crippen LogP contribution in [-0.2, 0) is 4.79 Å². The largest absolute Gasteiger partial charge is 0.306 e. The van der Waals surface area contributed by atoms with E-state index in [9.17, 15) is 9.59 Å². The van der Waals surface area contributed by atoms with Crippen molar-refractivity contribution in [3.05, 3.63) is 34.2 Å². The minimum atomic E-state index is -0.155. The number of hydrogen-bond donors (Lipinski definition) is 1. The molecule has 5 heteroatoms. The van der Waals surface area contributed by atoms with Crippen molar-refractivity contribution in [3.8, 4) is 0 Å². The molecular weight excluding hydrogens is 206 g/mol. The lowest BCUT2D eigenvalue weighted by atomic mass is 10.1. The quantitative estimate of drug-likeness (QED) is 0.740. The number of pyridine rings is 1. The van der Waals surface area contributed by atoms with Crippen LogP contribution in [0.3, 0.4) is 0 Å². The molecule has 1 unspecified atom stereocenters. The Bertz CT molecular complexity index is 463. The van der Waals surface area contributed by atoms with E-state index in [-0.39, 0.29) is 17.5 Å². The van der Waals surface area contributed by atoms with Crippen LogP contribution in [0.5, 0.6) is 0 Å². The first-order valence-corrected chi connectivity index (χ1v) is 5.31. The minimum Gasteiger partial charge on any atom is -0.306 e. The fourth-order valence-corrected chi connectivity index (χ4v) is 1.66. The van der Waals surface area contributed by atoms with Gasteiger partial charge in [-0.1, -0.05) is 6.07 Å². The maximum Gasteiger partial charge on any atom is 0.272 e. The van der Waals surface area contributed by atoms with E-state index in [0.29, 0.717) is 5.56 Å². The van der Waals surface area contributed by atoms with Gasteiger partial charge in [0.05, 0.1) is 6.04 Å². The molecular formula is C11H15N3O2. The van der Waals surface area contributed by atoms with Crippen molar-refractivity contribution in [1.82, 2.24) is 9.99 Å². The third-order valence-corrected chi connectivity index (χ3v) is 2.88. The zero-order chi connectivity index (χ0) is 11.7. The fraction of sp³-hybridized carbons (Fsp3) is 0.455. The van der Waals surface area contributed by atoms with Crippen LogP contribution in [0.4, 0.5) is 0 Å². The van der Waals surface area contributed by atoms with Crippen LogP contribution in [0, 0.1) is 6.92 Å². The molecule has 86 valence electrons. The number of likely N-dealkylation sites (N-methyl/N-ethyl adjacent to an activating group) is 1. The van der Waals surface area contributed by atoms with E-state index in [1.807, 2.05) is 0 Å². The molecule has 1 aromatic heterocycles. The Morgan fingerprint density at radius 2 is 2.31 bits per heavy atom. The summed E-state index contributed by atoms with van der Waals surface area (Å²) in [4.78, 5) is 23.7. The number of amides is 1. The molecule has 1 N–H and O–H groups in total. The summed E-state index contributed by atoms with van der Waals surface area (Å²) in [5.74, 6) is -0.0704. The highest BCUT2D eigenvalue weighted by Gasteiger charge is 2.28. The van der Waals surface area contributed by atoms with E-state index in [4.69, 9.17) is 0 Å². The van der Waals surface area contributed by atoms with Crippen molar-refractivity contribution in [3.63, 3.8) is 0 Å². The predicted molar refractivity (Wildman–Crippen MR) is 61.0 cm³/mol. The van der Waals surface area contributed by atoms with Crippen molar-refractivity contribution in [2.75, 3.05) is 18.6 Å². The fourth-order valence-electron chi connectivity index (χ4n) is 1.66. The highest BCUT2D eigenvalue weighted by Crippen LogP contribution is 2.04. The van der Waals surface area contributed by atoms with Crippen LogP contribution < -0.4 is 15.9 Å². The van der Waals surface area contributed by atoms with Crippen LogP contribution in [0.1, 0.15) is 12.0 Å². The highest BCUT2D eigenvalue weighted by atomic mass is 16.2. The lowest BCUT2D eigenvalue weighted by Crippen LogP contribution is -2.57. The summed E-state index contributed by atoms with van der Waals surface area (Å²) in [6.07, 6.45) is 2.44. The second-order valence-electron chi connectivity index (χ2n) is 4.00. The Morgan fingerprint density at radius 3 is 2.88 bits per heavy atom. The molecule has 1 saturated heterocycles. The average molecular weight is 221 g/mol. The Hall–Kier alpha value is -1.62. The van der Waals surface area contributed by atoms with Gasteiger partial charge in [-0.3, -0.25) is 9.59 Å². The molecule has 0 aliphatic carbocycles. The Labute approximate surface area is 93.6 Å². The Balaban J connectivity index is 2.26. The van der Waals surface area contributed by atoms with E-state index in [1.54, 1.807) is 32.3 Å². The van der Waals surface area contributed by atoms with E-state index in [1.165, 1.54) is 9.69 Å². The van der Waals surface area contributed by atoms with Crippen molar-refractivity contribution < 1.29 is 4.79 Å². The monoisotopic (exact) mass is 221 g/mol. The molecule has 16 heavy (non-hydrogen) atoms. The summed E-state index contributed by atoms with van der Waals surface area (Å²) >= 11 is 0. The third kappa shape index (κ3) is 1.74. The number of rotatable bonds is 2. The molecule has 1 amide bonds. The lowest BCUT2D eigenvalue weighted by Gasteiger charge is -2.31. The van der Waals surface area contributed by atoms with Gasteiger partial charge in [-0.2, -0.15) is 0 Å². The zero-order valence-electron chi connectivity index (χ0n) is 9.43. The summed E-state index contributed by atoms with van der Waals surface area (Å²) < 4.78 is 1.34. The summed E-state index contributed by atoms with van der Waals surface area (Å²) in [5.41, 5.74) is 0.474. The molecule has 1 aliphatic heterocycles. The SMILES string of the molecule is Cc1cccn(N(C)C(=O)C2CCN2)c1=O. The van der Waals surface area contributed by atoms with Gasteiger partial charge in [-0.25, -0.2) is 9.69 Å². The summed E-state index contributed by atoms with van der Waals surface area (Å²) in [6, 6.07) is 3.35. The van der Waals surface area contributed by atoms with Gasteiger partial charge in [0, 0.05) is 18.8 Å². The van der Waals surface area contributed by atoms with Crippen molar-refractivity contribution in [2.45, 2.75) is 19.4 Å². The molecule has 1 fully saturated rings. The van der Waals surface area contributed by atoms with Crippen LogP contribution in [0.25, 0.3) is 0 Å². The summed E-state index contributed by atoms with van der Waals surface area (Å²) in [6.45, 7) is 2.60. The third-order valence-electron chi connectivity index (χ3n) is 2.88. The number of carbonyl (C=O) groups is 1. The molecule has 0 bridgehead atoms. The standard InChI is InChI=1S/C11H15N3O2/c1-8-4-3-7-14(10(8)15)13(2)11(16)9-5-6-12-9/h3-4,7,9,12H,5-6H2,1-2H3. The van der Waals surface area contributed by atoms with Crippen LogP contribution >= 0.6 is 0 Å². The average Bonchev–Trinajstić information content (AvgIpc) is 2.18. The summed E-state index contributed by atoms with van der Waals surface area (Å²) in [7, 11) is 1.61. The number of nitrogens with one attached hydrogen (secondary N) is 1. The number of nitrogens with zero attached hydrogens (tertiary/aromatic N) is 2. The Morgan fingerprint density at radius 1 is 1.62 bits per heavy atom. The first-order chi connectivity index (χ1) is 7.61. The van der Waals surface area contributed by atoms with Gasteiger partial charge in [0.1, 0.15) is 0 Å². The minimum absolute atomic E-state index is 0.0704. The van der Waals surface area contributed by atoms with E-state index in [2.05, 4.69) is 5.32 Å². The molecule has 0 radical (unpaired) electrons. The molecule has 1 aromatic rings.